The van der Waals surface area contributed by atoms with E-state index in [1.165, 1.54) is 19.3 Å². The summed E-state index contributed by atoms with van der Waals surface area (Å²) in [7, 11) is 0. The lowest BCUT2D eigenvalue weighted by atomic mass is 9.55. The maximum atomic E-state index is 13.9. The van der Waals surface area contributed by atoms with E-state index in [-0.39, 0.29) is 35.9 Å². The van der Waals surface area contributed by atoms with Gasteiger partial charge in [0.2, 0.25) is 0 Å². The lowest BCUT2D eigenvalue weighted by Gasteiger charge is -2.46. The summed E-state index contributed by atoms with van der Waals surface area (Å²) in [5.41, 5.74) is -0.0553. The number of allylic oxidation sites excluding steroid dienone is 1. The number of rotatable bonds is 8. The summed E-state index contributed by atoms with van der Waals surface area (Å²) in [5.74, 6) is 2.35. The molecule has 176 valence electrons. The summed E-state index contributed by atoms with van der Waals surface area (Å²) in [6, 6.07) is 0. The van der Waals surface area contributed by atoms with E-state index in [2.05, 4.69) is 40.7 Å². The van der Waals surface area contributed by atoms with Gasteiger partial charge in [-0.1, -0.05) is 47.0 Å². The van der Waals surface area contributed by atoms with E-state index in [4.69, 9.17) is 4.74 Å². The summed E-state index contributed by atoms with van der Waals surface area (Å²) in [6.07, 6.45) is 10.4. The molecule has 3 aliphatic carbocycles. The molecule has 1 saturated heterocycles. The second-order valence-electron chi connectivity index (χ2n) is 12.1. The zero-order valence-electron chi connectivity index (χ0n) is 20.3. The van der Waals surface area contributed by atoms with E-state index in [9.17, 15) is 15.0 Å². The van der Waals surface area contributed by atoms with Gasteiger partial charge in [0.15, 0.2) is 5.78 Å². The standard InChI is InChI=1S/C27H44O4/c1-17(2)7-6-8-18(3)21-9-10-22(25(21,4)13-14-28)20-15-23-27(31-23)16-19(29)11-12-26(27,5)24(20)30/h15,17-19,21-23,28-29H,6-14,16H2,1-5H3/t18?,19-,21+,22-,23-,25+,26+,27-/m0/s1. The molecule has 0 aromatic rings. The Bertz CT molecular complexity index is 729. The summed E-state index contributed by atoms with van der Waals surface area (Å²) >= 11 is 0. The first-order chi connectivity index (χ1) is 14.6. The van der Waals surface area contributed by atoms with Crippen LogP contribution in [0, 0.1) is 34.5 Å². The van der Waals surface area contributed by atoms with E-state index in [0.29, 0.717) is 31.1 Å². The third-order valence-corrected chi connectivity index (χ3v) is 9.85. The van der Waals surface area contributed by atoms with Crippen molar-refractivity contribution in [2.24, 2.45) is 34.5 Å². The zero-order chi connectivity index (χ0) is 22.6. The van der Waals surface area contributed by atoms with Crippen LogP contribution in [0.1, 0.15) is 92.4 Å². The first-order valence-corrected chi connectivity index (χ1v) is 12.8. The monoisotopic (exact) mass is 432 g/mol. The predicted molar refractivity (Wildman–Crippen MR) is 123 cm³/mol. The van der Waals surface area contributed by atoms with Crippen molar-refractivity contribution < 1.29 is 19.7 Å². The van der Waals surface area contributed by atoms with Gasteiger partial charge in [-0.05, 0) is 79.8 Å². The molecule has 1 unspecified atom stereocenters. The van der Waals surface area contributed by atoms with E-state index < -0.39 is 11.0 Å². The Labute approximate surface area is 188 Å². The van der Waals surface area contributed by atoms with Crippen LogP contribution in [-0.4, -0.2) is 40.4 Å². The van der Waals surface area contributed by atoms with Crippen LogP contribution in [0.4, 0.5) is 0 Å². The van der Waals surface area contributed by atoms with Crippen molar-refractivity contribution in [3.63, 3.8) is 0 Å². The fourth-order valence-electron chi connectivity index (χ4n) is 7.81. The molecule has 2 N–H and O–H groups in total. The van der Waals surface area contributed by atoms with Crippen LogP contribution in [-0.2, 0) is 9.53 Å². The summed E-state index contributed by atoms with van der Waals surface area (Å²) in [4.78, 5) is 13.9. The SMILES string of the molecule is CC(C)CCCC(C)[C@H]1CC[C@@H](C2=C[C@@H]3O[C@@]34C[C@@H](O)CC[C@]4(C)C2=O)[C@]1(C)CCO. The fourth-order valence-corrected chi connectivity index (χ4v) is 7.81. The second kappa shape index (κ2) is 8.25. The highest BCUT2D eigenvalue weighted by Gasteiger charge is 2.73. The third-order valence-electron chi connectivity index (χ3n) is 9.85. The van der Waals surface area contributed by atoms with Crippen LogP contribution < -0.4 is 0 Å². The Morgan fingerprint density at radius 3 is 2.58 bits per heavy atom. The molecule has 0 amide bonds. The minimum Gasteiger partial charge on any atom is -0.396 e. The number of Topliss-reactive ketones (excluding diaryl/α,β-unsaturated/α-hetero) is 1. The van der Waals surface area contributed by atoms with Gasteiger partial charge in [0.25, 0.3) is 0 Å². The lowest BCUT2D eigenvalue weighted by Crippen LogP contribution is -2.53. The lowest BCUT2D eigenvalue weighted by molar-refractivity contribution is -0.134. The van der Waals surface area contributed by atoms with Crippen LogP contribution in [0.15, 0.2) is 11.6 Å². The third kappa shape index (κ3) is 3.65. The molecule has 0 bridgehead atoms. The van der Waals surface area contributed by atoms with Gasteiger partial charge in [-0.25, -0.2) is 0 Å². The Kier molecular flexibility index (Phi) is 6.24. The van der Waals surface area contributed by atoms with Gasteiger partial charge < -0.3 is 14.9 Å². The molecule has 4 nitrogen and oxygen atoms in total. The minimum absolute atomic E-state index is 0.0268. The molecule has 4 aliphatic rings. The van der Waals surface area contributed by atoms with E-state index in [0.717, 1.165) is 30.8 Å². The van der Waals surface area contributed by atoms with Crippen molar-refractivity contribution in [1.29, 1.82) is 0 Å². The zero-order valence-corrected chi connectivity index (χ0v) is 20.3. The topological polar surface area (TPSA) is 70.1 Å². The number of ketones is 1. The minimum atomic E-state index is -0.512. The normalized spacial score (nSPS) is 45.3. The number of carbonyl (C=O) groups is 1. The number of hydrogen-bond acceptors (Lipinski definition) is 4. The molecule has 3 fully saturated rings. The molecule has 0 radical (unpaired) electrons. The number of aliphatic hydroxyl groups excluding tert-OH is 2. The molecule has 1 heterocycles. The molecule has 4 rings (SSSR count). The van der Waals surface area contributed by atoms with Gasteiger partial charge in [0.1, 0.15) is 11.7 Å². The number of epoxide rings is 1. The Hall–Kier alpha value is -0.710. The average molecular weight is 433 g/mol. The maximum Gasteiger partial charge on any atom is 0.167 e. The van der Waals surface area contributed by atoms with Crippen molar-refractivity contribution in [3.8, 4) is 0 Å². The van der Waals surface area contributed by atoms with Gasteiger partial charge in [0.05, 0.1) is 11.5 Å². The van der Waals surface area contributed by atoms with Crippen LogP contribution in [0.3, 0.4) is 0 Å². The maximum absolute atomic E-state index is 13.9. The average Bonchev–Trinajstić information content (AvgIpc) is 3.29. The summed E-state index contributed by atoms with van der Waals surface area (Å²) in [5, 5.41) is 20.2. The molecule has 1 aliphatic heterocycles. The van der Waals surface area contributed by atoms with Crippen LogP contribution in [0.5, 0.6) is 0 Å². The Morgan fingerprint density at radius 1 is 1.16 bits per heavy atom. The van der Waals surface area contributed by atoms with Crippen LogP contribution in [0.25, 0.3) is 0 Å². The van der Waals surface area contributed by atoms with Crippen LogP contribution in [0.2, 0.25) is 0 Å². The van der Waals surface area contributed by atoms with Gasteiger partial charge in [-0.2, -0.15) is 0 Å². The Morgan fingerprint density at radius 2 is 1.90 bits per heavy atom. The van der Waals surface area contributed by atoms with E-state index in [1.807, 2.05) is 0 Å². The predicted octanol–water partition coefficient (Wildman–Crippen LogP) is 5.06. The molecular formula is C27H44O4. The first kappa shape index (κ1) is 23.4. The molecule has 2 saturated carbocycles. The molecular weight excluding hydrogens is 388 g/mol. The van der Waals surface area contributed by atoms with E-state index in [1.54, 1.807) is 0 Å². The highest BCUT2D eigenvalue weighted by Crippen LogP contribution is 2.65. The van der Waals surface area contributed by atoms with E-state index >= 15 is 0 Å². The van der Waals surface area contributed by atoms with Gasteiger partial charge >= 0.3 is 0 Å². The quantitative estimate of drug-likeness (QED) is 0.526. The van der Waals surface area contributed by atoms with Gasteiger partial charge in [-0.15, -0.1) is 0 Å². The van der Waals surface area contributed by atoms with Crippen LogP contribution >= 0.6 is 0 Å². The van der Waals surface area contributed by atoms with Crippen molar-refractivity contribution in [1.82, 2.24) is 0 Å². The van der Waals surface area contributed by atoms with Gasteiger partial charge in [-0.3, -0.25) is 4.79 Å². The largest absolute Gasteiger partial charge is 0.396 e. The highest BCUT2D eigenvalue weighted by molar-refractivity contribution is 6.03. The fraction of sp³-hybridized carbons (Fsp3) is 0.889. The highest BCUT2D eigenvalue weighted by atomic mass is 16.6. The molecule has 1 spiro atoms. The summed E-state index contributed by atoms with van der Waals surface area (Å²) < 4.78 is 6.17. The number of hydrogen-bond donors (Lipinski definition) is 2. The second-order valence-corrected chi connectivity index (χ2v) is 12.1. The molecule has 0 aromatic heterocycles. The van der Waals surface area contributed by atoms with Crippen molar-refractivity contribution in [2.45, 2.75) is 110 Å². The molecule has 4 heteroatoms. The molecule has 31 heavy (non-hydrogen) atoms. The molecule has 8 atom stereocenters. The first-order valence-electron chi connectivity index (χ1n) is 12.8. The van der Waals surface area contributed by atoms with Crippen molar-refractivity contribution in [3.05, 3.63) is 11.6 Å². The Balaban J connectivity index is 1.58. The smallest absolute Gasteiger partial charge is 0.167 e. The van der Waals surface area contributed by atoms with Crippen molar-refractivity contribution in [2.75, 3.05) is 6.61 Å². The number of aliphatic hydroxyl groups is 2. The number of carbonyl (C=O) groups excluding carboxylic acids is 1. The van der Waals surface area contributed by atoms with Crippen molar-refractivity contribution >= 4 is 5.78 Å². The summed E-state index contributed by atoms with van der Waals surface area (Å²) in [6.45, 7) is 11.6. The number of ether oxygens (including phenoxy) is 1. The van der Waals surface area contributed by atoms with Gasteiger partial charge in [0, 0.05) is 13.0 Å². The molecule has 0 aromatic carbocycles.